The van der Waals surface area contributed by atoms with Crippen LogP contribution in [0.2, 0.25) is 0 Å². The third-order valence-corrected chi connectivity index (χ3v) is 8.89. The van der Waals surface area contributed by atoms with E-state index in [1.165, 1.54) is 12.1 Å². The van der Waals surface area contributed by atoms with Gasteiger partial charge in [0.2, 0.25) is 0 Å². The van der Waals surface area contributed by atoms with Gasteiger partial charge in [-0.1, -0.05) is 18.2 Å². The van der Waals surface area contributed by atoms with E-state index in [9.17, 15) is 14.0 Å². The number of carbonyl (C=O) groups is 2. The van der Waals surface area contributed by atoms with Crippen LogP contribution in [0.5, 0.6) is 0 Å². The molecule has 4 aliphatic rings. The van der Waals surface area contributed by atoms with Gasteiger partial charge in [-0.3, -0.25) is 9.78 Å². The summed E-state index contributed by atoms with van der Waals surface area (Å²) >= 11 is 0. The molecule has 2 saturated heterocycles. The zero-order valence-corrected chi connectivity index (χ0v) is 21.1. The molecular weight excluding hydrogens is 473 g/mol. The van der Waals surface area contributed by atoms with Gasteiger partial charge in [0.15, 0.2) is 0 Å². The summed E-state index contributed by atoms with van der Waals surface area (Å²) in [6.07, 6.45) is 6.72. The number of benzene rings is 1. The quantitative estimate of drug-likeness (QED) is 0.587. The molecular formula is C29H32FN3O4. The van der Waals surface area contributed by atoms with Crippen LogP contribution in [0.25, 0.3) is 17.2 Å². The number of hydrogen-bond acceptors (Lipinski definition) is 6. The Morgan fingerprint density at radius 1 is 1.27 bits per heavy atom. The van der Waals surface area contributed by atoms with Gasteiger partial charge >= 0.3 is 12.1 Å². The lowest BCUT2D eigenvalue weighted by molar-refractivity contribution is -0.144. The first-order valence-corrected chi connectivity index (χ1v) is 13.2. The number of esters is 1. The van der Waals surface area contributed by atoms with Crippen molar-refractivity contribution in [3.8, 4) is 11.1 Å². The number of fused-ring (bicyclic) bond motifs is 2. The Morgan fingerprint density at radius 2 is 2.14 bits per heavy atom. The van der Waals surface area contributed by atoms with Crippen LogP contribution in [0.1, 0.15) is 45.2 Å². The Hall–Kier alpha value is -3.42. The standard InChI is InChI=1S/C29H32FN3O4/c1-3-36-28(35)32-22-9-10-23-19(12-22)13-24-27(34)37-16(2)29(24)26(23)25(33-29)14-21-8-7-18(15-31-21)17-5-4-6-20(30)11-17/h4-8,11,14-16,19,22-24,26,33H,3,9-10,12-13H2,1-2H3,(H,32,35)/b25-14-/t16-,19+,22+,23+,24-,26-,29+/m1/s1. The van der Waals surface area contributed by atoms with Crippen molar-refractivity contribution in [3.05, 3.63) is 59.8 Å². The molecule has 7 atom stereocenters. The largest absolute Gasteiger partial charge is 0.460 e. The molecule has 2 N–H and O–H groups in total. The van der Waals surface area contributed by atoms with Crippen molar-refractivity contribution in [1.82, 2.24) is 15.6 Å². The molecule has 194 valence electrons. The second-order valence-corrected chi connectivity index (χ2v) is 10.8. The van der Waals surface area contributed by atoms with E-state index in [0.717, 1.165) is 48.2 Å². The monoisotopic (exact) mass is 505 g/mol. The molecule has 2 aliphatic heterocycles. The molecule has 2 aliphatic carbocycles. The number of nitrogens with zero attached hydrogens (tertiary/aromatic N) is 1. The predicted octanol–water partition coefficient (Wildman–Crippen LogP) is 4.68. The van der Waals surface area contributed by atoms with Crippen molar-refractivity contribution < 1.29 is 23.5 Å². The van der Waals surface area contributed by atoms with Gasteiger partial charge in [0, 0.05) is 29.4 Å². The first-order chi connectivity index (χ1) is 17.9. The lowest BCUT2D eigenvalue weighted by atomic mass is 9.49. The zero-order valence-electron chi connectivity index (χ0n) is 21.1. The van der Waals surface area contributed by atoms with Gasteiger partial charge < -0.3 is 20.1 Å². The van der Waals surface area contributed by atoms with Crippen LogP contribution in [0, 0.1) is 29.5 Å². The molecule has 7 nitrogen and oxygen atoms in total. The summed E-state index contributed by atoms with van der Waals surface area (Å²) < 4.78 is 24.5. The number of amides is 1. The number of halogens is 1. The maximum atomic E-state index is 13.6. The Kier molecular flexibility index (Phi) is 5.92. The average molecular weight is 506 g/mol. The first-order valence-electron chi connectivity index (χ1n) is 13.2. The number of cyclic esters (lactones) is 1. The summed E-state index contributed by atoms with van der Waals surface area (Å²) in [6.45, 7) is 4.14. The minimum Gasteiger partial charge on any atom is -0.460 e. The fourth-order valence-electron chi connectivity index (χ4n) is 7.34. The predicted molar refractivity (Wildman–Crippen MR) is 135 cm³/mol. The number of carbonyl (C=O) groups excluding carboxylic acids is 2. The van der Waals surface area contributed by atoms with Crippen LogP contribution < -0.4 is 10.6 Å². The van der Waals surface area contributed by atoms with Crippen LogP contribution in [0.15, 0.2) is 48.3 Å². The van der Waals surface area contributed by atoms with Gasteiger partial charge in [-0.2, -0.15) is 0 Å². The molecule has 1 aromatic heterocycles. The molecule has 0 bridgehead atoms. The fraction of sp³-hybridized carbons (Fsp3) is 0.483. The van der Waals surface area contributed by atoms with E-state index >= 15 is 0 Å². The molecule has 8 heteroatoms. The maximum absolute atomic E-state index is 13.6. The van der Waals surface area contributed by atoms with Gasteiger partial charge in [-0.25, -0.2) is 9.18 Å². The van der Waals surface area contributed by atoms with Crippen molar-refractivity contribution in [2.24, 2.45) is 23.7 Å². The Labute approximate surface area is 215 Å². The first kappa shape index (κ1) is 23.9. The van der Waals surface area contributed by atoms with E-state index in [0.29, 0.717) is 18.4 Å². The number of pyridine rings is 1. The van der Waals surface area contributed by atoms with E-state index in [2.05, 4.69) is 21.7 Å². The number of ether oxygens (including phenoxy) is 2. The number of hydrogen-bond donors (Lipinski definition) is 2. The summed E-state index contributed by atoms with van der Waals surface area (Å²) in [5.74, 6) is 0.286. The summed E-state index contributed by atoms with van der Waals surface area (Å²) in [6, 6.07) is 10.4. The van der Waals surface area contributed by atoms with Gasteiger partial charge in [-0.05, 0) is 81.2 Å². The summed E-state index contributed by atoms with van der Waals surface area (Å²) in [5.41, 5.74) is 3.16. The maximum Gasteiger partial charge on any atom is 0.407 e. The highest BCUT2D eigenvalue weighted by Gasteiger charge is 2.71. The number of rotatable bonds is 4. The normalized spacial score (nSPS) is 34.8. The molecule has 2 aromatic rings. The number of aromatic nitrogens is 1. The van der Waals surface area contributed by atoms with Crippen molar-refractivity contribution in [2.45, 2.75) is 57.2 Å². The van der Waals surface area contributed by atoms with Crippen molar-refractivity contribution in [1.29, 1.82) is 0 Å². The smallest absolute Gasteiger partial charge is 0.407 e. The molecule has 1 aromatic carbocycles. The summed E-state index contributed by atoms with van der Waals surface area (Å²) in [4.78, 5) is 29.5. The highest BCUT2D eigenvalue weighted by Crippen LogP contribution is 2.61. The van der Waals surface area contributed by atoms with Crippen molar-refractivity contribution >= 4 is 18.1 Å². The lowest BCUT2D eigenvalue weighted by Crippen LogP contribution is -2.75. The SMILES string of the molecule is CCOC(=O)N[C@H]1CC[C@H]2[C@@H](C1)C[C@@H]1C(=O)O[C@H](C)[C@]13N/C(=C\c1ccc(-c4cccc(F)c4)cn1)[C@@H]23. The van der Waals surface area contributed by atoms with E-state index in [1.807, 2.05) is 25.1 Å². The molecule has 0 radical (unpaired) electrons. The zero-order chi connectivity index (χ0) is 25.7. The Morgan fingerprint density at radius 3 is 2.89 bits per heavy atom. The van der Waals surface area contributed by atoms with Crippen LogP contribution in [0.4, 0.5) is 9.18 Å². The Balaban J connectivity index is 1.25. The molecule has 1 spiro atoms. The molecule has 2 saturated carbocycles. The highest BCUT2D eigenvalue weighted by atomic mass is 19.1. The number of nitrogens with one attached hydrogen (secondary N) is 2. The fourth-order valence-corrected chi connectivity index (χ4v) is 7.34. The van der Waals surface area contributed by atoms with Gasteiger partial charge in [0.05, 0.1) is 23.8 Å². The lowest BCUT2D eigenvalue weighted by Gasteiger charge is -2.63. The van der Waals surface area contributed by atoms with Crippen LogP contribution in [-0.2, 0) is 14.3 Å². The van der Waals surface area contributed by atoms with Gasteiger partial charge in [0.1, 0.15) is 11.9 Å². The minimum atomic E-state index is -0.382. The third kappa shape index (κ3) is 3.97. The number of alkyl carbamates (subject to hydrolysis) is 1. The third-order valence-electron chi connectivity index (χ3n) is 8.89. The molecule has 3 heterocycles. The van der Waals surface area contributed by atoms with Crippen molar-refractivity contribution in [2.75, 3.05) is 6.61 Å². The minimum absolute atomic E-state index is 0.0557. The Bertz CT molecular complexity index is 1250. The van der Waals surface area contributed by atoms with E-state index < -0.39 is 0 Å². The molecule has 1 amide bonds. The summed E-state index contributed by atoms with van der Waals surface area (Å²) in [5, 5.41) is 6.68. The van der Waals surface area contributed by atoms with Gasteiger partial charge in [0.25, 0.3) is 0 Å². The van der Waals surface area contributed by atoms with Crippen LogP contribution in [-0.4, -0.2) is 41.3 Å². The highest BCUT2D eigenvalue weighted by molar-refractivity contribution is 5.79. The second-order valence-electron chi connectivity index (χ2n) is 10.8. The topological polar surface area (TPSA) is 89.5 Å². The van der Waals surface area contributed by atoms with E-state index in [1.54, 1.807) is 19.2 Å². The van der Waals surface area contributed by atoms with Gasteiger partial charge in [-0.15, -0.1) is 0 Å². The van der Waals surface area contributed by atoms with E-state index in [-0.39, 0.29) is 47.4 Å². The summed E-state index contributed by atoms with van der Waals surface area (Å²) in [7, 11) is 0. The van der Waals surface area contributed by atoms with Crippen LogP contribution in [0.3, 0.4) is 0 Å². The van der Waals surface area contributed by atoms with E-state index in [4.69, 9.17) is 9.47 Å². The van der Waals surface area contributed by atoms with Crippen molar-refractivity contribution in [3.63, 3.8) is 0 Å². The second kappa shape index (κ2) is 9.15. The van der Waals surface area contributed by atoms with Crippen LogP contribution >= 0.6 is 0 Å². The molecule has 6 rings (SSSR count). The molecule has 4 fully saturated rings. The molecule has 0 unspecified atom stereocenters. The average Bonchev–Trinajstić information content (AvgIpc) is 3.12. The molecule has 37 heavy (non-hydrogen) atoms.